The second kappa shape index (κ2) is 7.45. The second-order valence-corrected chi connectivity index (χ2v) is 6.57. The molecule has 3 aromatic rings. The Hall–Kier alpha value is -3.41. The van der Waals surface area contributed by atoms with Gasteiger partial charge in [0.2, 0.25) is 5.91 Å². The lowest BCUT2D eigenvalue weighted by Crippen LogP contribution is -2.30. The zero-order valence-electron chi connectivity index (χ0n) is 15.5. The van der Waals surface area contributed by atoms with Gasteiger partial charge in [0.05, 0.1) is 11.4 Å². The number of benzene rings is 1. The van der Waals surface area contributed by atoms with Gasteiger partial charge in [-0.05, 0) is 37.6 Å². The van der Waals surface area contributed by atoms with Gasteiger partial charge >= 0.3 is 5.97 Å². The first-order valence-electron chi connectivity index (χ1n) is 8.56. The Morgan fingerprint density at radius 2 is 1.85 bits per heavy atom. The summed E-state index contributed by atoms with van der Waals surface area (Å²) in [4.78, 5) is 28.9. The molecule has 1 aromatic carbocycles. The molecule has 0 fully saturated rings. The van der Waals surface area contributed by atoms with Gasteiger partial charge in [-0.15, -0.1) is 0 Å². The quantitative estimate of drug-likeness (QED) is 0.707. The molecule has 1 amide bonds. The Balaban J connectivity index is 2.05. The van der Waals surface area contributed by atoms with Crippen LogP contribution in [0.25, 0.3) is 23.0 Å². The minimum absolute atomic E-state index is 0.347. The minimum atomic E-state index is -1.05. The summed E-state index contributed by atoms with van der Waals surface area (Å²) in [6.45, 7) is 3.68. The van der Waals surface area contributed by atoms with E-state index in [0.717, 1.165) is 38.6 Å². The molecule has 0 aliphatic rings. The molecule has 6 heteroatoms. The largest absolute Gasteiger partial charge is 0.480 e. The average molecular weight is 363 g/mol. The predicted molar refractivity (Wildman–Crippen MR) is 104 cm³/mol. The van der Waals surface area contributed by atoms with Crippen molar-refractivity contribution in [1.82, 2.24) is 14.3 Å². The summed E-state index contributed by atoms with van der Waals surface area (Å²) in [7, 11) is 1.46. The molecule has 0 radical (unpaired) electrons. The third-order valence-corrected chi connectivity index (χ3v) is 4.28. The van der Waals surface area contributed by atoms with Gasteiger partial charge in [-0.2, -0.15) is 0 Å². The lowest BCUT2D eigenvalue weighted by Gasteiger charge is -2.11. The van der Waals surface area contributed by atoms with Crippen LogP contribution in [0.15, 0.2) is 48.7 Å². The topological polar surface area (TPSA) is 74.9 Å². The van der Waals surface area contributed by atoms with Crippen LogP contribution >= 0.6 is 0 Å². The number of carbonyl (C=O) groups excluding carboxylic acids is 1. The van der Waals surface area contributed by atoms with Gasteiger partial charge in [0.15, 0.2) is 0 Å². The van der Waals surface area contributed by atoms with Gasteiger partial charge < -0.3 is 10.0 Å². The van der Waals surface area contributed by atoms with E-state index in [1.165, 1.54) is 13.1 Å². The van der Waals surface area contributed by atoms with Crippen molar-refractivity contribution in [3.8, 4) is 11.3 Å². The number of aromatic nitrogens is 2. The van der Waals surface area contributed by atoms with Crippen molar-refractivity contribution in [3.63, 3.8) is 0 Å². The maximum Gasteiger partial charge on any atom is 0.323 e. The number of carboxylic acids is 1. The number of likely N-dealkylation sites (N-methyl/N-ethyl adjacent to an activating group) is 1. The first-order chi connectivity index (χ1) is 12.8. The van der Waals surface area contributed by atoms with Gasteiger partial charge in [0, 0.05) is 24.9 Å². The summed E-state index contributed by atoms with van der Waals surface area (Å²) in [6.07, 6.45) is 4.98. The number of rotatable bonds is 5. The van der Waals surface area contributed by atoms with E-state index in [1.807, 2.05) is 60.8 Å². The maximum atomic E-state index is 12.2. The SMILES string of the molecule is Cc1ccc(-c2nc3cc(C)ccn3c2/C=C/C(=O)N(C)CC(=O)O)cc1. The molecule has 2 heterocycles. The van der Waals surface area contributed by atoms with Crippen molar-refractivity contribution < 1.29 is 14.7 Å². The van der Waals surface area contributed by atoms with E-state index in [4.69, 9.17) is 10.1 Å². The lowest BCUT2D eigenvalue weighted by atomic mass is 10.1. The minimum Gasteiger partial charge on any atom is -0.480 e. The van der Waals surface area contributed by atoms with E-state index >= 15 is 0 Å². The number of aryl methyl sites for hydroxylation is 2. The van der Waals surface area contributed by atoms with Crippen molar-refractivity contribution in [1.29, 1.82) is 0 Å². The van der Waals surface area contributed by atoms with Crippen molar-refractivity contribution in [2.45, 2.75) is 13.8 Å². The number of pyridine rings is 1. The number of amides is 1. The molecule has 2 aromatic heterocycles. The van der Waals surface area contributed by atoms with Crippen LogP contribution in [0.5, 0.6) is 0 Å². The molecule has 6 nitrogen and oxygen atoms in total. The number of fused-ring (bicyclic) bond motifs is 1. The molecule has 0 saturated heterocycles. The standard InChI is InChI=1S/C21H21N3O3/c1-14-4-6-16(7-5-14)21-17(8-9-19(25)23(3)13-20(26)27)24-11-10-15(2)12-18(24)22-21/h4-12H,13H2,1-3H3,(H,26,27)/b9-8+. The van der Waals surface area contributed by atoms with Crippen LogP contribution in [0.1, 0.15) is 16.8 Å². The van der Waals surface area contributed by atoms with Crippen LogP contribution in [-0.2, 0) is 9.59 Å². The van der Waals surface area contributed by atoms with Gasteiger partial charge in [-0.25, -0.2) is 4.98 Å². The molecule has 0 saturated carbocycles. The first kappa shape index (κ1) is 18.4. The van der Waals surface area contributed by atoms with Gasteiger partial charge in [0.1, 0.15) is 12.2 Å². The summed E-state index contributed by atoms with van der Waals surface area (Å²) in [5.41, 5.74) is 5.53. The normalized spacial score (nSPS) is 11.2. The van der Waals surface area contributed by atoms with Crippen LogP contribution in [0, 0.1) is 13.8 Å². The summed E-state index contributed by atoms with van der Waals surface area (Å²) < 4.78 is 1.92. The monoisotopic (exact) mass is 363 g/mol. The Bertz CT molecular complexity index is 1030. The zero-order valence-corrected chi connectivity index (χ0v) is 15.5. The molecule has 27 heavy (non-hydrogen) atoms. The fourth-order valence-electron chi connectivity index (χ4n) is 2.81. The molecule has 138 valence electrons. The molecule has 0 atom stereocenters. The lowest BCUT2D eigenvalue weighted by molar-refractivity contribution is -0.141. The number of carbonyl (C=O) groups is 2. The van der Waals surface area contributed by atoms with Crippen LogP contribution in [0.4, 0.5) is 0 Å². The van der Waals surface area contributed by atoms with Gasteiger partial charge in [-0.1, -0.05) is 29.8 Å². The van der Waals surface area contributed by atoms with E-state index in [0.29, 0.717) is 0 Å². The van der Waals surface area contributed by atoms with Crippen LogP contribution in [0.2, 0.25) is 0 Å². The number of nitrogens with zero attached hydrogens (tertiary/aromatic N) is 3. The first-order valence-corrected chi connectivity index (χ1v) is 8.56. The highest BCUT2D eigenvalue weighted by Gasteiger charge is 2.14. The van der Waals surface area contributed by atoms with Crippen molar-refractivity contribution in [2.24, 2.45) is 0 Å². The van der Waals surface area contributed by atoms with Crippen molar-refractivity contribution >= 4 is 23.6 Å². The zero-order chi connectivity index (χ0) is 19.6. The van der Waals surface area contributed by atoms with Crippen LogP contribution < -0.4 is 0 Å². The predicted octanol–water partition coefficient (Wildman–Crippen LogP) is 3.17. The van der Waals surface area contributed by atoms with Crippen LogP contribution in [0.3, 0.4) is 0 Å². The second-order valence-electron chi connectivity index (χ2n) is 6.57. The van der Waals surface area contributed by atoms with Crippen molar-refractivity contribution in [3.05, 3.63) is 65.5 Å². The van der Waals surface area contributed by atoms with Gasteiger partial charge in [-0.3, -0.25) is 14.0 Å². The molecular weight excluding hydrogens is 342 g/mol. The van der Waals surface area contributed by atoms with Gasteiger partial charge in [0.25, 0.3) is 0 Å². The third-order valence-electron chi connectivity index (χ3n) is 4.28. The van der Waals surface area contributed by atoms with E-state index < -0.39 is 5.97 Å². The highest BCUT2D eigenvalue weighted by molar-refractivity contribution is 5.94. The van der Waals surface area contributed by atoms with E-state index in [1.54, 1.807) is 6.08 Å². The average Bonchev–Trinajstić information content (AvgIpc) is 2.97. The maximum absolute atomic E-state index is 12.2. The molecule has 0 bridgehead atoms. The van der Waals surface area contributed by atoms with Crippen molar-refractivity contribution in [2.75, 3.05) is 13.6 Å². The highest BCUT2D eigenvalue weighted by Crippen LogP contribution is 2.26. The summed E-state index contributed by atoms with van der Waals surface area (Å²) >= 11 is 0. The number of imidazole rings is 1. The van der Waals surface area contributed by atoms with E-state index in [9.17, 15) is 9.59 Å². The molecule has 3 rings (SSSR count). The molecular formula is C21H21N3O3. The number of carboxylic acid groups (broad SMARTS) is 1. The highest BCUT2D eigenvalue weighted by atomic mass is 16.4. The number of hydrogen-bond acceptors (Lipinski definition) is 3. The van der Waals surface area contributed by atoms with Crippen LogP contribution in [-0.4, -0.2) is 44.9 Å². The Kier molecular flexibility index (Phi) is 5.07. The molecule has 1 N–H and O–H groups in total. The molecule has 0 aliphatic heterocycles. The Labute approximate surface area is 157 Å². The summed E-state index contributed by atoms with van der Waals surface area (Å²) in [5.74, 6) is -1.43. The third kappa shape index (κ3) is 4.06. The molecule has 0 spiro atoms. The summed E-state index contributed by atoms with van der Waals surface area (Å²) in [6, 6.07) is 12.0. The fourth-order valence-corrected chi connectivity index (χ4v) is 2.81. The number of hydrogen-bond donors (Lipinski definition) is 1. The smallest absolute Gasteiger partial charge is 0.323 e. The molecule has 0 aliphatic carbocycles. The Morgan fingerprint density at radius 3 is 2.52 bits per heavy atom. The van der Waals surface area contributed by atoms with E-state index in [-0.39, 0.29) is 12.5 Å². The van der Waals surface area contributed by atoms with E-state index in [2.05, 4.69) is 0 Å². The Morgan fingerprint density at radius 1 is 1.15 bits per heavy atom. The molecule has 0 unspecified atom stereocenters. The number of aliphatic carboxylic acids is 1. The summed E-state index contributed by atoms with van der Waals surface area (Å²) in [5, 5.41) is 8.84. The fraction of sp³-hybridized carbons (Fsp3) is 0.190.